The van der Waals surface area contributed by atoms with E-state index in [1.165, 1.54) is 44.3 Å². The minimum atomic E-state index is 0. The van der Waals surface area contributed by atoms with E-state index in [1.807, 2.05) is 13.1 Å². The van der Waals surface area contributed by atoms with Crippen LogP contribution in [0.15, 0.2) is 35.3 Å². The monoisotopic (exact) mass is 486 g/mol. The third-order valence-corrected chi connectivity index (χ3v) is 5.42. The minimum Gasteiger partial charge on any atom is -0.376 e. The lowest BCUT2D eigenvalue weighted by molar-refractivity contribution is 0.0906. The van der Waals surface area contributed by atoms with Crippen molar-refractivity contribution >= 4 is 29.9 Å². The number of rotatable bonds is 7. The molecule has 6 heteroatoms. The van der Waals surface area contributed by atoms with Crippen LogP contribution >= 0.6 is 24.0 Å². The van der Waals surface area contributed by atoms with Gasteiger partial charge in [0.25, 0.3) is 0 Å². The predicted molar refractivity (Wildman–Crippen MR) is 123 cm³/mol. The molecule has 1 N–H and O–H groups in total. The van der Waals surface area contributed by atoms with Gasteiger partial charge in [0.1, 0.15) is 0 Å². The molecular formula is C21H35IN4O. The summed E-state index contributed by atoms with van der Waals surface area (Å²) in [6.07, 6.45) is 5.28. The number of aliphatic imine (C=N–C) groups is 1. The first-order valence-electron chi connectivity index (χ1n) is 10.1. The SMILES string of the molecule is CN=C(NCCN1CCCCC1)N1CCC(COCc2ccccc2)C1.I. The molecular weight excluding hydrogens is 451 g/mol. The number of likely N-dealkylation sites (tertiary alicyclic amines) is 2. The molecule has 0 bridgehead atoms. The van der Waals surface area contributed by atoms with E-state index in [1.54, 1.807) is 0 Å². The Hall–Kier alpha value is -0.860. The standard InChI is InChI=1S/C21H34N4O.HI/c1-22-21(23-11-15-24-12-6-3-7-13-24)25-14-10-20(16-25)18-26-17-19-8-4-2-5-9-19;/h2,4-5,8-9,20H,3,6-7,10-18H2,1H3,(H,22,23);1H. The van der Waals surface area contributed by atoms with Gasteiger partial charge in [0, 0.05) is 39.1 Å². The zero-order valence-corrected chi connectivity index (χ0v) is 18.9. The first-order chi connectivity index (χ1) is 12.8. The van der Waals surface area contributed by atoms with Crippen molar-refractivity contribution in [3.05, 3.63) is 35.9 Å². The van der Waals surface area contributed by atoms with Crippen molar-refractivity contribution in [2.24, 2.45) is 10.9 Å². The summed E-state index contributed by atoms with van der Waals surface area (Å²) in [5, 5.41) is 3.55. The molecule has 5 nitrogen and oxygen atoms in total. The lowest BCUT2D eigenvalue weighted by atomic mass is 10.1. The molecule has 2 fully saturated rings. The van der Waals surface area contributed by atoms with Crippen LogP contribution < -0.4 is 5.32 Å². The van der Waals surface area contributed by atoms with Crippen LogP contribution in [0.25, 0.3) is 0 Å². The van der Waals surface area contributed by atoms with E-state index in [4.69, 9.17) is 4.74 Å². The third-order valence-electron chi connectivity index (χ3n) is 5.42. The van der Waals surface area contributed by atoms with Gasteiger partial charge in [-0.1, -0.05) is 36.8 Å². The Balaban J connectivity index is 0.00000261. The number of piperidine rings is 1. The topological polar surface area (TPSA) is 40.1 Å². The van der Waals surface area contributed by atoms with Gasteiger partial charge in [0.2, 0.25) is 0 Å². The Morgan fingerprint density at radius 3 is 2.67 bits per heavy atom. The molecule has 0 aliphatic carbocycles. The minimum absolute atomic E-state index is 0. The number of ether oxygens (including phenoxy) is 1. The largest absolute Gasteiger partial charge is 0.376 e. The molecule has 0 aromatic heterocycles. The molecule has 0 radical (unpaired) electrons. The zero-order valence-electron chi connectivity index (χ0n) is 16.6. The summed E-state index contributed by atoms with van der Waals surface area (Å²) in [5.74, 6) is 1.65. The van der Waals surface area contributed by atoms with Crippen LogP contribution in [0.5, 0.6) is 0 Å². The number of nitrogens with one attached hydrogen (secondary N) is 1. The molecule has 0 saturated carbocycles. The van der Waals surface area contributed by atoms with E-state index < -0.39 is 0 Å². The van der Waals surface area contributed by atoms with Gasteiger partial charge in [-0.2, -0.15) is 0 Å². The second-order valence-corrected chi connectivity index (χ2v) is 7.48. The Morgan fingerprint density at radius 1 is 1.15 bits per heavy atom. The van der Waals surface area contributed by atoms with Crippen molar-refractivity contribution in [3.63, 3.8) is 0 Å². The van der Waals surface area contributed by atoms with Crippen LogP contribution in [0.1, 0.15) is 31.2 Å². The average Bonchev–Trinajstić information content (AvgIpc) is 3.16. The van der Waals surface area contributed by atoms with Gasteiger partial charge >= 0.3 is 0 Å². The molecule has 27 heavy (non-hydrogen) atoms. The van der Waals surface area contributed by atoms with Gasteiger partial charge in [-0.15, -0.1) is 24.0 Å². The highest BCUT2D eigenvalue weighted by Gasteiger charge is 2.25. The van der Waals surface area contributed by atoms with E-state index in [0.717, 1.165) is 38.7 Å². The first kappa shape index (κ1) is 22.4. The predicted octanol–water partition coefficient (Wildman–Crippen LogP) is 3.20. The summed E-state index contributed by atoms with van der Waals surface area (Å²) in [5.41, 5.74) is 1.25. The van der Waals surface area contributed by atoms with E-state index in [-0.39, 0.29) is 24.0 Å². The number of hydrogen-bond acceptors (Lipinski definition) is 3. The molecule has 2 saturated heterocycles. The second kappa shape index (κ2) is 12.6. The highest BCUT2D eigenvalue weighted by Crippen LogP contribution is 2.17. The number of nitrogens with zero attached hydrogens (tertiary/aromatic N) is 3. The van der Waals surface area contributed by atoms with Crippen molar-refractivity contribution < 1.29 is 4.74 Å². The van der Waals surface area contributed by atoms with E-state index in [9.17, 15) is 0 Å². The number of benzene rings is 1. The molecule has 2 aliphatic rings. The molecule has 152 valence electrons. The smallest absolute Gasteiger partial charge is 0.193 e. The highest BCUT2D eigenvalue weighted by atomic mass is 127. The quantitative estimate of drug-likeness (QED) is 0.365. The molecule has 1 aromatic carbocycles. The summed E-state index contributed by atoms with van der Waals surface area (Å²) >= 11 is 0. The Kier molecular flexibility index (Phi) is 10.4. The average molecular weight is 486 g/mol. The molecule has 2 heterocycles. The van der Waals surface area contributed by atoms with Crippen LogP contribution in [-0.4, -0.2) is 68.7 Å². The zero-order chi connectivity index (χ0) is 18.0. The van der Waals surface area contributed by atoms with Crippen molar-refractivity contribution in [3.8, 4) is 0 Å². The molecule has 1 aromatic rings. The van der Waals surface area contributed by atoms with Gasteiger partial charge in [-0.05, 0) is 37.9 Å². The van der Waals surface area contributed by atoms with Gasteiger partial charge < -0.3 is 19.9 Å². The summed E-state index contributed by atoms with van der Waals surface area (Å²) in [6, 6.07) is 10.4. The van der Waals surface area contributed by atoms with Gasteiger partial charge in [0.15, 0.2) is 5.96 Å². The van der Waals surface area contributed by atoms with E-state index in [0.29, 0.717) is 12.5 Å². The van der Waals surface area contributed by atoms with Crippen LogP contribution in [0, 0.1) is 5.92 Å². The molecule has 1 unspecified atom stereocenters. The van der Waals surface area contributed by atoms with Crippen molar-refractivity contribution in [2.45, 2.75) is 32.3 Å². The maximum Gasteiger partial charge on any atom is 0.193 e. The number of halogens is 1. The lowest BCUT2D eigenvalue weighted by Gasteiger charge is -2.28. The highest BCUT2D eigenvalue weighted by molar-refractivity contribution is 14.0. The number of guanidine groups is 1. The number of hydrogen-bond donors (Lipinski definition) is 1. The molecule has 1 atom stereocenters. The van der Waals surface area contributed by atoms with Gasteiger partial charge in [-0.3, -0.25) is 4.99 Å². The molecule has 0 amide bonds. The first-order valence-corrected chi connectivity index (χ1v) is 10.1. The van der Waals surface area contributed by atoms with E-state index >= 15 is 0 Å². The van der Waals surface area contributed by atoms with Crippen LogP contribution in [0.3, 0.4) is 0 Å². The summed E-state index contributed by atoms with van der Waals surface area (Å²) in [4.78, 5) is 9.43. The normalized spacial score (nSPS) is 21.1. The molecule has 2 aliphatic heterocycles. The maximum atomic E-state index is 5.93. The fourth-order valence-corrected chi connectivity index (χ4v) is 3.92. The van der Waals surface area contributed by atoms with Crippen molar-refractivity contribution in [1.29, 1.82) is 0 Å². The molecule has 0 spiro atoms. The third kappa shape index (κ3) is 7.58. The van der Waals surface area contributed by atoms with Crippen LogP contribution in [0.4, 0.5) is 0 Å². The van der Waals surface area contributed by atoms with Crippen molar-refractivity contribution in [1.82, 2.24) is 15.1 Å². The summed E-state index contributed by atoms with van der Waals surface area (Å²) in [7, 11) is 1.89. The molecule has 3 rings (SSSR count). The van der Waals surface area contributed by atoms with Crippen LogP contribution in [-0.2, 0) is 11.3 Å². The fourth-order valence-electron chi connectivity index (χ4n) is 3.92. The maximum absolute atomic E-state index is 5.93. The summed E-state index contributed by atoms with van der Waals surface area (Å²) in [6.45, 7) is 8.27. The van der Waals surface area contributed by atoms with Gasteiger partial charge in [-0.25, -0.2) is 0 Å². The Labute approximate surface area is 181 Å². The van der Waals surface area contributed by atoms with Crippen molar-refractivity contribution in [2.75, 3.05) is 52.9 Å². The summed E-state index contributed by atoms with van der Waals surface area (Å²) < 4.78 is 5.93. The Bertz CT molecular complexity index is 548. The lowest BCUT2D eigenvalue weighted by Crippen LogP contribution is -2.44. The van der Waals surface area contributed by atoms with Crippen LogP contribution in [0.2, 0.25) is 0 Å². The second-order valence-electron chi connectivity index (χ2n) is 7.48. The Morgan fingerprint density at radius 2 is 1.93 bits per heavy atom. The fraction of sp³-hybridized carbons (Fsp3) is 0.667. The van der Waals surface area contributed by atoms with Gasteiger partial charge in [0.05, 0.1) is 13.2 Å². The van der Waals surface area contributed by atoms with E-state index in [2.05, 4.69) is 44.4 Å².